The second-order valence-corrected chi connectivity index (χ2v) is 5.18. The summed E-state index contributed by atoms with van der Waals surface area (Å²) in [4.78, 5) is 4.36. The molecule has 2 aromatic rings. The lowest BCUT2D eigenvalue weighted by atomic mass is 10.2. The van der Waals surface area contributed by atoms with Crippen molar-refractivity contribution >= 4 is 0 Å². The summed E-state index contributed by atoms with van der Waals surface area (Å²) in [6.45, 7) is 6.55. The summed E-state index contributed by atoms with van der Waals surface area (Å²) in [5.41, 5.74) is 1.81. The Bertz CT molecular complexity index is 521. The molecule has 20 heavy (non-hydrogen) atoms. The fraction of sp³-hybridized carbons (Fsp3) is 0.500. The van der Waals surface area contributed by atoms with Gasteiger partial charge in [0, 0.05) is 13.6 Å². The highest BCUT2D eigenvalue weighted by atomic mass is 16.5. The van der Waals surface area contributed by atoms with Crippen molar-refractivity contribution in [2.24, 2.45) is 13.0 Å². The summed E-state index contributed by atoms with van der Waals surface area (Å²) in [6, 6.07) is 3.90. The normalized spacial score (nSPS) is 11.0. The van der Waals surface area contributed by atoms with Gasteiger partial charge in [-0.2, -0.15) is 0 Å². The van der Waals surface area contributed by atoms with Crippen LogP contribution in [0.4, 0.5) is 0 Å². The average Bonchev–Trinajstić information content (AvgIpc) is 2.83. The van der Waals surface area contributed by atoms with E-state index in [0.717, 1.165) is 30.2 Å². The molecule has 0 aliphatic carbocycles. The molecule has 2 rings (SSSR count). The first kappa shape index (κ1) is 14.5. The van der Waals surface area contributed by atoms with Gasteiger partial charge < -0.3 is 10.1 Å². The molecule has 0 bridgehead atoms. The Morgan fingerprint density at radius 2 is 2.15 bits per heavy atom. The molecule has 0 spiro atoms. The van der Waals surface area contributed by atoms with Crippen LogP contribution in [0.1, 0.15) is 25.2 Å². The first-order valence-corrected chi connectivity index (χ1v) is 6.77. The lowest BCUT2D eigenvalue weighted by Gasteiger charge is -2.08. The minimum Gasteiger partial charge on any atom is -0.486 e. The van der Waals surface area contributed by atoms with Crippen molar-refractivity contribution in [2.75, 3.05) is 6.54 Å². The zero-order valence-electron chi connectivity index (χ0n) is 12.2. The molecule has 0 atom stereocenters. The molecule has 2 heterocycles. The predicted octanol–water partition coefficient (Wildman–Crippen LogP) is 1.53. The standard InChI is InChI=1S/C14H21N5O/c1-11(2)6-15-7-12-4-5-14(8-16-12)20-10-13-9-19(3)18-17-13/h4-5,8-9,11,15H,6-7,10H2,1-3H3. The number of nitrogens with zero attached hydrogens (tertiary/aromatic N) is 4. The molecule has 0 saturated heterocycles. The number of nitrogens with one attached hydrogen (secondary N) is 1. The Balaban J connectivity index is 1.79. The van der Waals surface area contributed by atoms with Crippen molar-refractivity contribution < 1.29 is 4.74 Å². The monoisotopic (exact) mass is 275 g/mol. The van der Waals surface area contributed by atoms with Crippen LogP contribution < -0.4 is 10.1 Å². The van der Waals surface area contributed by atoms with Gasteiger partial charge in [0.15, 0.2) is 0 Å². The van der Waals surface area contributed by atoms with Crippen molar-refractivity contribution in [2.45, 2.75) is 27.0 Å². The number of hydrogen-bond acceptors (Lipinski definition) is 5. The Kier molecular flexibility index (Phi) is 5.06. The molecule has 6 nitrogen and oxygen atoms in total. The molecule has 108 valence electrons. The third-order valence-electron chi connectivity index (χ3n) is 2.69. The zero-order chi connectivity index (χ0) is 14.4. The summed E-state index contributed by atoms with van der Waals surface area (Å²) in [5, 5.41) is 11.2. The molecule has 0 aliphatic rings. The first-order valence-electron chi connectivity index (χ1n) is 6.77. The van der Waals surface area contributed by atoms with Crippen LogP contribution in [-0.2, 0) is 20.2 Å². The molecule has 0 unspecified atom stereocenters. The van der Waals surface area contributed by atoms with E-state index < -0.39 is 0 Å². The number of aryl methyl sites for hydroxylation is 1. The van der Waals surface area contributed by atoms with E-state index in [9.17, 15) is 0 Å². The van der Waals surface area contributed by atoms with E-state index in [4.69, 9.17) is 4.74 Å². The van der Waals surface area contributed by atoms with Gasteiger partial charge in [0.05, 0.1) is 18.1 Å². The summed E-state index contributed by atoms with van der Waals surface area (Å²) in [6.07, 6.45) is 3.57. The zero-order valence-corrected chi connectivity index (χ0v) is 12.2. The van der Waals surface area contributed by atoms with Crippen LogP contribution in [0, 0.1) is 5.92 Å². The number of hydrogen-bond donors (Lipinski definition) is 1. The van der Waals surface area contributed by atoms with Gasteiger partial charge in [-0.05, 0) is 24.6 Å². The van der Waals surface area contributed by atoms with Crippen LogP contribution in [-0.4, -0.2) is 26.5 Å². The molecule has 0 amide bonds. The Hall–Kier alpha value is -1.95. The van der Waals surface area contributed by atoms with Crippen LogP contribution in [0.5, 0.6) is 5.75 Å². The highest BCUT2D eigenvalue weighted by Gasteiger charge is 2.01. The van der Waals surface area contributed by atoms with Crippen LogP contribution in [0.3, 0.4) is 0 Å². The average molecular weight is 275 g/mol. The smallest absolute Gasteiger partial charge is 0.138 e. The summed E-state index contributed by atoms with van der Waals surface area (Å²) < 4.78 is 7.26. The second kappa shape index (κ2) is 7.00. The lowest BCUT2D eigenvalue weighted by molar-refractivity contribution is 0.299. The van der Waals surface area contributed by atoms with E-state index in [1.54, 1.807) is 10.9 Å². The molecule has 0 saturated carbocycles. The molecule has 2 aromatic heterocycles. The predicted molar refractivity (Wildman–Crippen MR) is 76.1 cm³/mol. The summed E-state index contributed by atoms with van der Waals surface area (Å²) in [7, 11) is 1.83. The largest absolute Gasteiger partial charge is 0.486 e. The number of pyridine rings is 1. The third kappa shape index (κ3) is 4.62. The quantitative estimate of drug-likeness (QED) is 0.830. The summed E-state index contributed by atoms with van der Waals surface area (Å²) in [5.74, 6) is 1.38. The van der Waals surface area contributed by atoms with Crippen molar-refractivity contribution in [3.63, 3.8) is 0 Å². The van der Waals surface area contributed by atoms with E-state index in [0.29, 0.717) is 12.5 Å². The van der Waals surface area contributed by atoms with Crippen molar-refractivity contribution in [3.8, 4) is 5.75 Å². The van der Waals surface area contributed by atoms with Gasteiger partial charge in [-0.15, -0.1) is 5.10 Å². The van der Waals surface area contributed by atoms with Gasteiger partial charge in [-0.3, -0.25) is 9.67 Å². The molecule has 0 fully saturated rings. The molecule has 0 aromatic carbocycles. The first-order chi connectivity index (χ1) is 9.63. The minimum absolute atomic E-state index is 0.403. The highest BCUT2D eigenvalue weighted by Crippen LogP contribution is 2.11. The maximum atomic E-state index is 5.60. The number of rotatable bonds is 7. The third-order valence-corrected chi connectivity index (χ3v) is 2.69. The van der Waals surface area contributed by atoms with Gasteiger partial charge in [-0.25, -0.2) is 0 Å². The molecule has 0 aliphatic heterocycles. The maximum Gasteiger partial charge on any atom is 0.138 e. The Morgan fingerprint density at radius 3 is 2.75 bits per heavy atom. The molecule has 1 N–H and O–H groups in total. The Morgan fingerprint density at radius 1 is 1.30 bits per heavy atom. The van der Waals surface area contributed by atoms with E-state index >= 15 is 0 Å². The van der Waals surface area contributed by atoms with Crippen LogP contribution in [0.2, 0.25) is 0 Å². The second-order valence-electron chi connectivity index (χ2n) is 5.18. The fourth-order valence-corrected chi connectivity index (χ4v) is 1.71. The van der Waals surface area contributed by atoms with E-state index in [-0.39, 0.29) is 0 Å². The molecule has 0 radical (unpaired) electrons. The number of aromatic nitrogens is 4. The lowest BCUT2D eigenvalue weighted by Crippen LogP contribution is -2.19. The molecule has 6 heteroatoms. The van der Waals surface area contributed by atoms with Gasteiger partial charge in [0.1, 0.15) is 18.1 Å². The van der Waals surface area contributed by atoms with Gasteiger partial charge in [-0.1, -0.05) is 19.1 Å². The van der Waals surface area contributed by atoms with Crippen molar-refractivity contribution in [1.29, 1.82) is 0 Å². The van der Waals surface area contributed by atoms with Crippen molar-refractivity contribution in [3.05, 3.63) is 35.9 Å². The molecular formula is C14H21N5O. The van der Waals surface area contributed by atoms with Crippen LogP contribution >= 0.6 is 0 Å². The minimum atomic E-state index is 0.403. The number of ether oxygens (including phenoxy) is 1. The highest BCUT2D eigenvalue weighted by molar-refractivity contribution is 5.20. The maximum absolute atomic E-state index is 5.60. The van der Waals surface area contributed by atoms with E-state index in [1.165, 1.54) is 0 Å². The summed E-state index contributed by atoms with van der Waals surface area (Å²) >= 11 is 0. The van der Waals surface area contributed by atoms with Gasteiger partial charge in [0.25, 0.3) is 0 Å². The Labute approximate surface area is 119 Å². The van der Waals surface area contributed by atoms with Crippen LogP contribution in [0.15, 0.2) is 24.5 Å². The van der Waals surface area contributed by atoms with E-state index in [1.807, 2.05) is 25.4 Å². The molecular weight excluding hydrogens is 254 g/mol. The van der Waals surface area contributed by atoms with Gasteiger partial charge >= 0.3 is 0 Å². The SMILES string of the molecule is CC(C)CNCc1ccc(OCc2cn(C)nn2)cn1. The van der Waals surface area contributed by atoms with Gasteiger partial charge in [0.2, 0.25) is 0 Å². The topological polar surface area (TPSA) is 64.9 Å². The van der Waals surface area contributed by atoms with Crippen molar-refractivity contribution in [1.82, 2.24) is 25.3 Å². The van der Waals surface area contributed by atoms with Crippen LogP contribution in [0.25, 0.3) is 0 Å². The fourth-order valence-electron chi connectivity index (χ4n) is 1.71. The van der Waals surface area contributed by atoms with E-state index in [2.05, 4.69) is 34.5 Å².